The second-order valence-corrected chi connectivity index (χ2v) is 4.23. The normalized spacial score (nSPS) is 12.6. The lowest BCUT2D eigenvalue weighted by Crippen LogP contribution is -2.01. The molecule has 3 N–H and O–H groups in total. The Morgan fingerprint density at radius 2 is 2.25 bits per heavy atom. The number of pyridine rings is 1. The number of nitrogen functional groups attached to an aromatic ring is 1. The van der Waals surface area contributed by atoms with Crippen molar-refractivity contribution in [3.05, 3.63) is 46.5 Å². The molecule has 5 heteroatoms. The zero-order valence-electron chi connectivity index (χ0n) is 8.43. The molecule has 4 nitrogen and oxygen atoms in total. The van der Waals surface area contributed by atoms with Crippen molar-refractivity contribution < 1.29 is 9.52 Å². The van der Waals surface area contributed by atoms with E-state index in [1.54, 1.807) is 24.4 Å². The highest BCUT2D eigenvalue weighted by Gasteiger charge is 2.12. The Morgan fingerprint density at radius 1 is 1.44 bits per heavy atom. The fraction of sp³-hybridized carbons (Fsp3) is 0.182. The summed E-state index contributed by atoms with van der Waals surface area (Å²) < 4.78 is 5.87. The number of aliphatic hydroxyl groups excluding tert-OH is 1. The Balaban J connectivity index is 2.10. The highest BCUT2D eigenvalue weighted by Crippen LogP contribution is 2.23. The van der Waals surface area contributed by atoms with Gasteiger partial charge in [0.1, 0.15) is 17.7 Å². The number of hydrogen-bond acceptors (Lipinski definition) is 4. The van der Waals surface area contributed by atoms with Crippen LogP contribution in [0.15, 0.2) is 39.5 Å². The molecule has 2 rings (SSSR count). The van der Waals surface area contributed by atoms with Gasteiger partial charge in [-0.05, 0) is 45.8 Å². The van der Waals surface area contributed by atoms with Crippen LogP contribution in [0.3, 0.4) is 0 Å². The van der Waals surface area contributed by atoms with E-state index in [1.807, 2.05) is 6.07 Å². The summed E-state index contributed by atoms with van der Waals surface area (Å²) >= 11 is 3.19. The summed E-state index contributed by atoms with van der Waals surface area (Å²) in [5.41, 5.74) is 6.48. The van der Waals surface area contributed by atoms with Crippen molar-refractivity contribution in [3.8, 4) is 0 Å². The number of rotatable bonds is 3. The minimum absolute atomic E-state index is 0.449. The first-order valence-corrected chi connectivity index (χ1v) is 5.58. The molecule has 0 fully saturated rings. The maximum absolute atomic E-state index is 9.90. The quantitative estimate of drug-likeness (QED) is 0.906. The van der Waals surface area contributed by atoms with Gasteiger partial charge in [0.25, 0.3) is 0 Å². The molecule has 0 aromatic carbocycles. The van der Waals surface area contributed by atoms with Gasteiger partial charge in [0.2, 0.25) is 0 Å². The van der Waals surface area contributed by atoms with E-state index >= 15 is 0 Å². The Morgan fingerprint density at radius 3 is 2.88 bits per heavy atom. The summed E-state index contributed by atoms with van der Waals surface area (Å²) in [4.78, 5) is 3.89. The summed E-state index contributed by atoms with van der Waals surface area (Å²) in [6, 6.07) is 7.04. The molecule has 0 aliphatic heterocycles. The monoisotopic (exact) mass is 282 g/mol. The molecule has 1 unspecified atom stereocenters. The van der Waals surface area contributed by atoms with Gasteiger partial charge in [-0.25, -0.2) is 4.98 Å². The van der Waals surface area contributed by atoms with E-state index < -0.39 is 6.10 Å². The van der Waals surface area contributed by atoms with Gasteiger partial charge < -0.3 is 15.3 Å². The molecule has 2 aromatic rings. The number of aliphatic hydroxyl groups is 1. The largest absolute Gasteiger partial charge is 0.452 e. The molecule has 0 bridgehead atoms. The van der Waals surface area contributed by atoms with Crippen LogP contribution in [0.1, 0.15) is 17.4 Å². The SMILES string of the molecule is Nc1cc(CC(O)c2ccc(Br)o2)ccn1. The van der Waals surface area contributed by atoms with E-state index in [9.17, 15) is 5.11 Å². The van der Waals surface area contributed by atoms with Crippen LogP contribution in [0.25, 0.3) is 0 Å². The average molecular weight is 283 g/mol. The van der Waals surface area contributed by atoms with Crippen molar-refractivity contribution in [2.24, 2.45) is 0 Å². The molecule has 16 heavy (non-hydrogen) atoms. The molecule has 2 heterocycles. The second-order valence-electron chi connectivity index (χ2n) is 3.45. The lowest BCUT2D eigenvalue weighted by molar-refractivity contribution is 0.149. The maximum Gasteiger partial charge on any atom is 0.169 e. The molecule has 0 aliphatic carbocycles. The van der Waals surface area contributed by atoms with Crippen LogP contribution in [0.4, 0.5) is 5.82 Å². The van der Waals surface area contributed by atoms with Gasteiger partial charge in [0, 0.05) is 12.6 Å². The summed E-state index contributed by atoms with van der Waals surface area (Å²) in [7, 11) is 0. The van der Waals surface area contributed by atoms with Crippen LogP contribution in [-0.2, 0) is 6.42 Å². The number of anilines is 1. The number of hydrogen-bond donors (Lipinski definition) is 2. The fourth-order valence-corrected chi connectivity index (χ4v) is 1.77. The lowest BCUT2D eigenvalue weighted by Gasteiger charge is -2.07. The predicted molar refractivity (Wildman–Crippen MR) is 63.7 cm³/mol. The second kappa shape index (κ2) is 4.67. The van der Waals surface area contributed by atoms with E-state index in [-0.39, 0.29) is 0 Å². The van der Waals surface area contributed by atoms with Crippen molar-refractivity contribution in [3.63, 3.8) is 0 Å². The van der Waals surface area contributed by atoms with E-state index in [2.05, 4.69) is 20.9 Å². The predicted octanol–water partition coefficient (Wildman–Crippen LogP) is 2.30. The third-order valence-electron chi connectivity index (χ3n) is 2.20. The highest BCUT2D eigenvalue weighted by molar-refractivity contribution is 9.10. The van der Waals surface area contributed by atoms with Gasteiger partial charge in [0.15, 0.2) is 4.67 Å². The van der Waals surface area contributed by atoms with Crippen molar-refractivity contribution >= 4 is 21.7 Å². The molecule has 0 radical (unpaired) electrons. The summed E-state index contributed by atoms with van der Waals surface area (Å²) in [6.07, 6.45) is 1.40. The molecule has 0 saturated carbocycles. The molecular weight excluding hydrogens is 272 g/mol. The van der Waals surface area contributed by atoms with Crippen LogP contribution in [0, 0.1) is 0 Å². The molecule has 0 amide bonds. The third kappa shape index (κ3) is 2.62. The Labute approximate surface area is 101 Å². The maximum atomic E-state index is 9.90. The Kier molecular flexibility index (Phi) is 3.26. The lowest BCUT2D eigenvalue weighted by atomic mass is 10.1. The molecule has 1 atom stereocenters. The van der Waals surface area contributed by atoms with Crippen LogP contribution < -0.4 is 5.73 Å². The van der Waals surface area contributed by atoms with Crippen molar-refractivity contribution in [1.82, 2.24) is 4.98 Å². The molecular formula is C11H11BrN2O2. The van der Waals surface area contributed by atoms with Crippen LogP contribution in [0.5, 0.6) is 0 Å². The smallest absolute Gasteiger partial charge is 0.169 e. The summed E-state index contributed by atoms with van der Waals surface area (Å²) in [6.45, 7) is 0. The Bertz CT molecular complexity index is 484. The standard InChI is InChI=1S/C11H11BrN2O2/c12-10-2-1-9(16-10)8(15)5-7-3-4-14-11(13)6-7/h1-4,6,8,15H,5H2,(H2,13,14). The minimum atomic E-state index is -0.673. The van der Waals surface area contributed by atoms with Gasteiger partial charge in [-0.2, -0.15) is 0 Å². The summed E-state index contributed by atoms with van der Waals surface area (Å²) in [5.74, 6) is 0.979. The number of furan rings is 1. The van der Waals surface area contributed by atoms with Crippen LogP contribution in [-0.4, -0.2) is 10.1 Å². The molecule has 0 spiro atoms. The Hall–Kier alpha value is -1.33. The first-order chi connectivity index (χ1) is 7.65. The van der Waals surface area contributed by atoms with Gasteiger partial charge in [-0.3, -0.25) is 0 Å². The third-order valence-corrected chi connectivity index (χ3v) is 2.62. The van der Waals surface area contributed by atoms with E-state index in [0.29, 0.717) is 22.7 Å². The first kappa shape index (κ1) is 11.2. The average Bonchev–Trinajstić information content (AvgIpc) is 2.65. The van der Waals surface area contributed by atoms with Gasteiger partial charge in [-0.1, -0.05) is 0 Å². The number of nitrogens with zero attached hydrogens (tertiary/aromatic N) is 1. The molecule has 84 valence electrons. The molecule has 0 saturated heterocycles. The van der Waals surface area contributed by atoms with Gasteiger partial charge >= 0.3 is 0 Å². The topological polar surface area (TPSA) is 72.3 Å². The fourth-order valence-electron chi connectivity index (χ4n) is 1.45. The summed E-state index contributed by atoms with van der Waals surface area (Å²) in [5, 5.41) is 9.90. The number of aromatic nitrogens is 1. The zero-order chi connectivity index (χ0) is 11.5. The van der Waals surface area contributed by atoms with Crippen molar-refractivity contribution in [2.75, 3.05) is 5.73 Å². The van der Waals surface area contributed by atoms with Gasteiger partial charge in [-0.15, -0.1) is 0 Å². The molecule has 0 aliphatic rings. The van der Waals surface area contributed by atoms with E-state index in [1.165, 1.54) is 0 Å². The zero-order valence-corrected chi connectivity index (χ0v) is 10.0. The molecule has 2 aromatic heterocycles. The van der Waals surface area contributed by atoms with Crippen LogP contribution in [0.2, 0.25) is 0 Å². The minimum Gasteiger partial charge on any atom is -0.452 e. The van der Waals surface area contributed by atoms with E-state index in [0.717, 1.165) is 5.56 Å². The van der Waals surface area contributed by atoms with E-state index in [4.69, 9.17) is 10.2 Å². The highest BCUT2D eigenvalue weighted by atomic mass is 79.9. The van der Waals surface area contributed by atoms with Crippen molar-refractivity contribution in [2.45, 2.75) is 12.5 Å². The number of nitrogens with two attached hydrogens (primary N) is 1. The first-order valence-electron chi connectivity index (χ1n) is 4.79. The van der Waals surface area contributed by atoms with Crippen molar-refractivity contribution in [1.29, 1.82) is 0 Å². The number of halogens is 1. The van der Waals surface area contributed by atoms with Gasteiger partial charge in [0.05, 0.1) is 0 Å². The van der Waals surface area contributed by atoms with Crippen LogP contribution >= 0.6 is 15.9 Å².